The molecule has 0 aliphatic heterocycles. The van der Waals surface area contributed by atoms with Gasteiger partial charge in [0.1, 0.15) is 0 Å². The number of unbranched alkanes of at least 4 members (excludes halogenated alkanes) is 4. The van der Waals surface area contributed by atoms with Crippen LogP contribution in [0.2, 0.25) is 0 Å². The van der Waals surface area contributed by atoms with Crippen LogP contribution in [0.5, 0.6) is 0 Å². The van der Waals surface area contributed by atoms with Gasteiger partial charge in [-0.15, -0.1) is 0 Å². The number of hydrogen-bond donors (Lipinski definition) is 2. The fourth-order valence-electron chi connectivity index (χ4n) is 2.03. The van der Waals surface area contributed by atoms with Gasteiger partial charge in [0.15, 0.2) is 0 Å². The summed E-state index contributed by atoms with van der Waals surface area (Å²) in [5, 5.41) is 29.1. The molecule has 0 aromatic rings. The molecule has 0 amide bonds. The molecule has 0 rings (SSSR count). The summed E-state index contributed by atoms with van der Waals surface area (Å²) in [6.07, 6.45) is 6.52. The Morgan fingerprint density at radius 3 is 2.41 bits per heavy atom. The summed E-state index contributed by atoms with van der Waals surface area (Å²) in [6, 6.07) is 0. The minimum atomic E-state index is -0.907. The first-order chi connectivity index (χ1) is 10.1. The topological polar surface area (TPSA) is 96.2 Å². The van der Waals surface area contributed by atoms with Gasteiger partial charge in [0.2, 0.25) is 0 Å². The zero-order valence-electron chi connectivity index (χ0n) is 14.1. The second-order valence-electron chi connectivity index (χ2n) is 5.19. The number of aliphatic hydroxyl groups is 1. The van der Waals surface area contributed by atoms with Gasteiger partial charge < -0.3 is 20.3 Å². The molecule has 6 nitrogen and oxygen atoms in total. The molecule has 0 atom stereocenters. The van der Waals surface area contributed by atoms with Crippen LogP contribution >= 0.6 is 0 Å². The molecular weight excluding hydrogens is 279 g/mol. The van der Waals surface area contributed by atoms with Crippen LogP contribution in [-0.4, -0.2) is 59.8 Å². The number of carbonyl (C=O) groups is 1. The van der Waals surface area contributed by atoms with Crippen LogP contribution in [-0.2, 0) is 4.79 Å². The molecule has 0 aliphatic rings. The maximum atomic E-state index is 11.6. The number of aliphatic imine (C=N–C) groups is 1. The standard InChI is InChI=1S/C15H30N2O4.Li/c1-2-3-4-5-6-8-14(19)16-9-11-17(10-7-12-18)13-15(20)21;/h18H,2-13H2,1H3,(H,16,19)(H,20,21);/q;+1/p-1. The van der Waals surface area contributed by atoms with E-state index in [4.69, 9.17) is 10.2 Å². The Morgan fingerprint density at radius 2 is 1.82 bits per heavy atom. The van der Waals surface area contributed by atoms with E-state index >= 15 is 0 Å². The van der Waals surface area contributed by atoms with Crippen LogP contribution in [0, 0.1) is 0 Å². The van der Waals surface area contributed by atoms with Crippen LogP contribution in [0.4, 0.5) is 0 Å². The smallest absolute Gasteiger partial charge is 0.862 e. The zero-order chi connectivity index (χ0) is 15.9. The van der Waals surface area contributed by atoms with Gasteiger partial charge in [-0.05, 0) is 25.2 Å². The van der Waals surface area contributed by atoms with Crippen LogP contribution in [0.1, 0.15) is 51.9 Å². The van der Waals surface area contributed by atoms with Gasteiger partial charge in [-0.2, -0.15) is 0 Å². The molecule has 22 heavy (non-hydrogen) atoms. The fraction of sp³-hybridized carbons (Fsp3) is 0.867. The summed E-state index contributed by atoms with van der Waals surface area (Å²) < 4.78 is 0. The molecule has 0 saturated carbocycles. The van der Waals surface area contributed by atoms with E-state index in [0.717, 1.165) is 19.3 Å². The Labute approximate surface area is 145 Å². The molecule has 0 fully saturated rings. The van der Waals surface area contributed by atoms with Crippen molar-refractivity contribution in [3.05, 3.63) is 0 Å². The SMILES string of the molecule is CCCCCCCC([O-])=NCCN(CCCO)CC(=O)O.[Li+]. The fourth-order valence-corrected chi connectivity index (χ4v) is 2.03. The van der Waals surface area contributed by atoms with E-state index in [1.165, 1.54) is 12.8 Å². The van der Waals surface area contributed by atoms with Gasteiger partial charge in [0.25, 0.3) is 0 Å². The Morgan fingerprint density at radius 1 is 1.14 bits per heavy atom. The predicted molar refractivity (Wildman–Crippen MR) is 81.5 cm³/mol. The Bertz CT molecular complexity index is 301. The van der Waals surface area contributed by atoms with E-state index in [2.05, 4.69) is 11.9 Å². The first kappa shape index (κ1) is 23.7. The normalized spacial score (nSPS) is 11.5. The van der Waals surface area contributed by atoms with Gasteiger partial charge in [-0.25, -0.2) is 0 Å². The second kappa shape index (κ2) is 16.8. The third kappa shape index (κ3) is 15.8. The summed E-state index contributed by atoms with van der Waals surface area (Å²) in [6.45, 7) is 3.37. The number of aliphatic hydroxyl groups excluding tert-OH is 1. The number of carboxylic acid groups (broad SMARTS) is 1. The third-order valence-corrected chi connectivity index (χ3v) is 3.19. The first-order valence-electron chi connectivity index (χ1n) is 7.85. The average molecular weight is 308 g/mol. The van der Waals surface area contributed by atoms with Gasteiger partial charge in [-0.1, -0.05) is 32.6 Å². The number of carboxylic acids is 1. The van der Waals surface area contributed by atoms with Crippen molar-refractivity contribution in [2.24, 2.45) is 4.99 Å². The molecule has 0 unspecified atom stereocenters. The van der Waals surface area contributed by atoms with Crippen molar-refractivity contribution in [2.75, 3.05) is 32.8 Å². The number of aliphatic carboxylic acids is 1. The second-order valence-corrected chi connectivity index (χ2v) is 5.19. The van der Waals surface area contributed by atoms with Crippen molar-refractivity contribution >= 4 is 11.9 Å². The van der Waals surface area contributed by atoms with Crippen molar-refractivity contribution in [2.45, 2.75) is 51.9 Å². The van der Waals surface area contributed by atoms with E-state index in [0.29, 0.717) is 32.5 Å². The third-order valence-electron chi connectivity index (χ3n) is 3.19. The van der Waals surface area contributed by atoms with Crippen LogP contribution in [0.3, 0.4) is 0 Å². The summed E-state index contributed by atoms with van der Waals surface area (Å²) in [5.41, 5.74) is 0. The van der Waals surface area contributed by atoms with Crippen molar-refractivity contribution < 1.29 is 39.0 Å². The molecule has 0 spiro atoms. The van der Waals surface area contributed by atoms with Gasteiger partial charge in [0, 0.05) is 19.7 Å². The largest absolute Gasteiger partial charge is 1.00 e. The van der Waals surface area contributed by atoms with E-state index in [-0.39, 0.29) is 37.9 Å². The van der Waals surface area contributed by atoms with Crippen LogP contribution < -0.4 is 24.0 Å². The minimum Gasteiger partial charge on any atom is -0.862 e. The minimum absolute atomic E-state index is 0. The van der Waals surface area contributed by atoms with Crippen molar-refractivity contribution in [3.63, 3.8) is 0 Å². The van der Waals surface area contributed by atoms with Crippen LogP contribution in [0.15, 0.2) is 4.99 Å². The van der Waals surface area contributed by atoms with Crippen molar-refractivity contribution in [3.8, 4) is 0 Å². The number of nitrogens with zero attached hydrogens (tertiary/aromatic N) is 2. The molecule has 0 aromatic carbocycles. The quantitative estimate of drug-likeness (QED) is 0.165. The summed E-state index contributed by atoms with van der Waals surface area (Å²) in [7, 11) is 0. The van der Waals surface area contributed by atoms with Gasteiger partial charge in [0.05, 0.1) is 13.1 Å². The molecule has 0 heterocycles. The van der Waals surface area contributed by atoms with Gasteiger partial charge >= 0.3 is 24.8 Å². The summed E-state index contributed by atoms with van der Waals surface area (Å²) in [4.78, 5) is 16.3. The molecular formula is C15H29LiN2O4. The molecule has 0 aromatic heterocycles. The molecule has 0 aliphatic carbocycles. The van der Waals surface area contributed by atoms with Crippen molar-refractivity contribution in [1.82, 2.24) is 4.90 Å². The molecule has 0 saturated heterocycles. The average Bonchev–Trinajstić information content (AvgIpc) is 2.43. The van der Waals surface area contributed by atoms with Crippen LogP contribution in [0.25, 0.3) is 0 Å². The molecule has 124 valence electrons. The summed E-state index contributed by atoms with van der Waals surface area (Å²) >= 11 is 0. The zero-order valence-corrected chi connectivity index (χ0v) is 14.1. The number of rotatable bonds is 14. The Balaban J connectivity index is 0. The maximum absolute atomic E-state index is 11.6. The van der Waals surface area contributed by atoms with E-state index in [1.807, 2.05) is 0 Å². The monoisotopic (exact) mass is 308 g/mol. The summed E-state index contributed by atoms with van der Waals surface area (Å²) in [5.74, 6) is -1.00. The predicted octanol–water partition coefficient (Wildman–Crippen LogP) is -2.12. The Hall–Kier alpha value is -0.543. The number of hydrogen-bond acceptors (Lipinski definition) is 5. The van der Waals surface area contributed by atoms with Gasteiger partial charge in [-0.3, -0.25) is 9.69 Å². The van der Waals surface area contributed by atoms with E-state index < -0.39 is 5.97 Å². The van der Waals surface area contributed by atoms with Crippen molar-refractivity contribution in [1.29, 1.82) is 0 Å². The molecule has 0 radical (unpaired) electrons. The molecule has 2 N–H and O–H groups in total. The maximum Gasteiger partial charge on any atom is 1.00 e. The van der Waals surface area contributed by atoms with E-state index in [1.54, 1.807) is 4.90 Å². The molecule has 0 bridgehead atoms. The Kier molecular flexibility index (Phi) is 18.1. The first-order valence-corrected chi connectivity index (χ1v) is 7.85. The molecule has 7 heteroatoms. The van der Waals surface area contributed by atoms with E-state index in [9.17, 15) is 9.90 Å².